The summed E-state index contributed by atoms with van der Waals surface area (Å²) in [6.45, 7) is 8.98. The second-order valence-electron chi connectivity index (χ2n) is 7.81. The molecule has 1 aliphatic heterocycles. The molecular formula is C20H27NO6. The van der Waals surface area contributed by atoms with E-state index in [0.29, 0.717) is 35.4 Å². The molecule has 0 aromatic heterocycles. The van der Waals surface area contributed by atoms with Crippen LogP contribution in [-0.2, 0) is 14.3 Å². The first-order valence-corrected chi connectivity index (χ1v) is 8.99. The number of hydrogen-bond donors (Lipinski definition) is 1. The maximum absolute atomic E-state index is 13.0. The summed E-state index contributed by atoms with van der Waals surface area (Å²) in [5, 5.41) is 8.78. The molecule has 1 aromatic rings. The molecular weight excluding hydrogens is 350 g/mol. The predicted octanol–water partition coefficient (Wildman–Crippen LogP) is 2.71. The Kier molecular flexibility index (Phi) is 6.13. The highest BCUT2D eigenvalue weighted by Crippen LogP contribution is 2.28. The molecule has 7 nitrogen and oxygen atoms in total. The van der Waals surface area contributed by atoms with Crippen LogP contribution in [0.3, 0.4) is 0 Å². The lowest BCUT2D eigenvalue weighted by atomic mass is 10.0. The van der Waals surface area contributed by atoms with Gasteiger partial charge < -0.3 is 19.5 Å². The topological polar surface area (TPSA) is 93.1 Å². The molecule has 148 valence electrons. The number of nitrogens with zero attached hydrogens (tertiary/aromatic N) is 1. The van der Waals surface area contributed by atoms with Crippen molar-refractivity contribution in [3.05, 3.63) is 28.8 Å². The number of carbonyl (C=O) groups excluding carboxylic acids is 2. The van der Waals surface area contributed by atoms with Crippen LogP contribution >= 0.6 is 0 Å². The number of carbonyl (C=O) groups is 3. The number of esters is 1. The second kappa shape index (κ2) is 7.98. The Balaban J connectivity index is 2.21. The molecule has 1 fully saturated rings. The summed E-state index contributed by atoms with van der Waals surface area (Å²) in [5.74, 6) is -1.23. The van der Waals surface area contributed by atoms with Gasteiger partial charge in [0.05, 0.1) is 0 Å². The van der Waals surface area contributed by atoms with E-state index in [1.54, 1.807) is 51.7 Å². The molecule has 1 aliphatic rings. The van der Waals surface area contributed by atoms with Gasteiger partial charge in [-0.3, -0.25) is 4.79 Å². The molecule has 0 bridgehead atoms. The minimum Gasteiger partial charge on any atom is -0.481 e. The summed E-state index contributed by atoms with van der Waals surface area (Å²) in [6.07, 6.45) is 1.33. The highest BCUT2D eigenvalue weighted by atomic mass is 16.6. The average Bonchev–Trinajstić information content (AvgIpc) is 3.01. The standard InChI is InChI=1S/C20H27NO6/c1-12-9-14(10-13(2)17(12)26-11-16(22)23)18(24)21-8-6-7-15(21)19(25)27-20(3,4)5/h9-10,15H,6-8,11H2,1-5H3,(H,22,23). The van der Waals surface area contributed by atoms with Crippen molar-refractivity contribution in [3.63, 3.8) is 0 Å². The van der Waals surface area contributed by atoms with Crippen molar-refractivity contribution < 1.29 is 29.0 Å². The molecule has 27 heavy (non-hydrogen) atoms. The van der Waals surface area contributed by atoms with Gasteiger partial charge in [-0.2, -0.15) is 0 Å². The third-order valence-electron chi connectivity index (χ3n) is 4.24. The molecule has 1 aromatic carbocycles. The number of likely N-dealkylation sites (tertiary alicyclic amines) is 1. The molecule has 0 aliphatic carbocycles. The Labute approximate surface area is 159 Å². The Bertz CT molecular complexity index is 726. The van der Waals surface area contributed by atoms with Crippen molar-refractivity contribution in [2.75, 3.05) is 13.2 Å². The first-order chi connectivity index (χ1) is 12.5. The third-order valence-corrected chi connectivity index (χ3v) is 4.24. The largest absolute Gasteiger partial charge is 0.481 e. The molecule has 1 saturated heterocycles. The Morgan fingerprint density at radius 1 is 1.19 bits per heavy atom. The van der Waals surface area contributed by atoms with E-state index in [9.17, 15) is 14.4 Å². The van der Waals surface area contributed by atoms with Gasteiger partial charge in [-0.1, -0.05) is 0 Å². The van der Waals surface area contributed by atoms with Crippen LogP contribution in [0.15, 0.2) is 12.1 Å². The zero-order valence-corrected chi connectivity index (χ0v) is 16.5. The van der Waals surface area contributed by atoms with Crippen LogP contribution in [0.4, 0.5) is 0 Å². The summed E-state index contributed by atoms with van der Waals surface area (Å²) < 4.78 is 10.8. The zero-order valence-electron chi connectivity index (χ0n) is 16.5. The number of carboxylic acids is 1. The Morgan fingerprint density at radius 3 is 2.30 bits per heavy atom. The van der Waals surface area contributed by atoms with E-state index in [1.165, 1.54) is 0 Å². The molecule has 1 unspecified atom stereocenters. The van der Waals surface area contributed by atoms with E-state index in [-0.39, 0.29) is 11.9 Å². The fourth-order valence-corrected chi connectivity index (χ4v) is 3.23. The SMILES string of the molecule is Cc1cc(C(=O)N2CCCC2C(=O)OC(C)(C)C)cc(C)c1OCC(=O)O. The quantitative estimate of drug-likeness (QED) is 0.793. The summed E-state index contributed by atoms with van der Waals surface area (Å²) >= 11 is 0. The fraction of sp³-hybridized carbons (Fsp3) is 0.550. The lowest BCUT2D eigenvalue weighted by Crippen LogP contribution is -2.43. The lowest BCUT2D eigenvalue weighted by Gasteiger charge is -2.27. The van der Waals surface area contributed by atoms with Gasteiger partial charge in [0.15, 0.2) is 6.61 Å². The van der Waals surface area contributed by atoms with E-state index < -0.39 is 24.2 Å². The highest BCUT2D eigenvalue weighted by Gasteiger charge is 2.37. The van der Waals surface area contributed by atoms with Crippen molar-refractivity contribution in [3.8, 4) is 5.75 Å². The van der Waals surface area contributed by atoms with Gasteiger partial charge >= 0.3 is 11.9 Å². The molecule has 1 heterocycles. The van der Waals surface area contributed by atoms with Gasteiger partial charge in [-0.05, 0) is 70.7 Å². The zero-order chi connectivity index (χ0) is 20.4. The number of benzene rings is 1. The third kappa shape index (κ3) is 5.21. The van der Waals surface area contributed by atoms with E-state index >= 15 is 0 Å². The Hall–Kier alpha value is -2.57. The van der Waals surface area contributed by atoms with Crippen molar-refractivity contribution >= 4 is 17.8 Å². The molecule has 1 atom stereocenters. The van der Waals surface area contributed by atoms with Crippen LogP contribution < -0.4 is 4.74 Å². The minimum atomic E-state index is -1.06. The van der Waals surface area contributed by atoms with E-state index in [2.05, 4.69) is 0 Å². The number of rotatable bonds is 5. The number of hydrogen-bond acceptors (Lipinski definition) is 5. The second-order valence-corrected chi connectivity index (χ2v) is 7.81. The van der Waals surface area contributed by atoms with Crippen LogP contribution in [0.2, 0.25) is 0 Å². The summed E-state index contributed by atoms with van der Waals surface area (Å²) in [7, 11) is 0. The van der Waals surface area contributed by atoms with Crippen LogP contribution in [-0.4, -0.2) is 52.6 Å². The molecule has 1 N–H and O–H groups in total. The van der Waals surface area contributed by atoms with Gasteiger partial charge in [0, 0.05) is 12.1 Å². The maximum Gasteiger partial charge on any atom is 0.341 e. The van der Waals surface area contributed by atoms with Crippen LogP contribution in [0, 0.1) is 13.8 Å². The van der Waals surface area contributed by atoms with Crippen molar-refractivity contribution in [1.29, 1.82) is 0 Å². The van der Waals surface area contributed by atoms with Gasteiger partial charge in [0.2, 0.25) is 0 Å². The molecule has 7 heteroatoms. The van der Waals surface area contributed by atoms with E-state index in [4.69, 9.17) is 14.6 Å². The van der Waals surface area contributed by atoms with Crippen molar-refractivity contribution in [2.24, 2.45) is 0 Å². The monoisotopic (exact) mass is 377 g/mol. The maximum atomic E-state index is 13.0. The van der Waals surface area contributed by atoms with Gasteiger partial charge in [-0.25, -0.2) is 9.59 Å². The number of carboxylic acid groups (broad SMARTS) is 1. The molecule has 0 radical (unpaired) electrons. The number of aryl methyl sites for hydroxylation is 2. The summed E-state index contributed by atoms with van der Waals surface area (Å²) in [4.78, 5) is 37.7. The lowest BCUT2D eigenvalue weighted by molar-refractivity contribution is -0.159. The number of aliphatic carboxylic acids is 1. The molecule has 2 rings (SSSR count). The first-order valence-electron chi connectivity index (χ1n) is 8.99. The molecule has 0 spiro atoms. The molecule has 1 amide bonds. The Morgan fingerprint density at radius 2 is 1.78 bits per heavy atom. The van der Waals surface area contributed by atoms with Gasteiger partial charge in [-0.15, -0.1) is 0 Å². The smallest absolute Gasteiger partial charge is 0.341 e. The predicted molar refractivity (Wildman–Crippen MR) is 99.0 cm³/mol. The minimum absolute atomic E-state index is 0.237. The summed E-state index contributed by atoms with van der Waals surface area (Å²) in [5.41, 5.74) is 1.19. The fourth-order valence-electron chi connectivity index (χ4n) is 3.23. The summed E-state index contributed by atoms with van der Waals surface area (Å²) in [6, 6.07) is 2.74. The first kappa shape index (κ1) is 20.7. The van der Waals surface area contributed by atoms with E-state index in [1.807, 2.05) is 0 Å². The highest BCUT2D eigenvalue weighted by molar-refractivity contribution is 5.97. The average molecular weight is 377 g/mol. The van der Waals surface area contributed by atoms with Crippen LogP contribution in [0.5, 0.6) is 5.75 Å². The number of amides is 1. The van der Waals surface area contributed by atoms with Gasteiger partial charge in [0.1, 0.15) is 17.4 Å². The van der Waals surface area contributed by atoms with E-state index in [0.717, 1.165) is 6.42 Å². The number of ether oxygens (including phenoxy) is 2. The molecule has 0 saturated carbocycles. The normalized spacial score (nSPS) is 16.9. The van der Waals surface area contributed by atoms with Crippen molar-refractivity contribution in [2.45, 2.75) is 59.1 Å². The van der Waals surface area contributed by atoms with Crippen LogP contribution in [0.1, 0.15) is 55.1 Å². The van der Waals surface area contributed by atoms with Crippen LogP contribution in [0.25, 0.3) is 0 Å². The van der Waals surface area contributed by atoms with Crippen molar-refractivity contribution in [1.82, 2.24) is 4.90 Å². The van der Waals surface area contributed by atoms with Gasteiger partial charge in [0.25, 0.3) is 5.91 Å².